The van der Waals surface area contributed by atoms with Crippen LogP contribution in [0.2, 0.25) is 0 Å². The van der Waals surface area contributed by atoms with Gasteiger partial charge in [-0.2, -0.15) is 0 Å². The Morgan fingerprint density at radius 3 is 1.29 bits per heavy atom. The molecule has 0 aliphatic heterocycles. The van der Waals surface area contributed by atoms with E-state index in [1.165, 1.54) is 0 Å². The maximum atomic E-state index is 8.82. The van der Waals surface area contributed by atoms with Gasteiger partial charge in [-0.15, -0.1) is 0 Å². The molecule has 0 aromatic heterocycles. The molecule has 0 saturated carbocycles. The summed E-state index contributed by atoms with van der Waals surface area (Å²) in [6.07, 6.45) is 0. The third kappa shape index (κ3) is 172. The van der Waals surface area contributed by atoms with Gasteiger partial charge in [0, 0.05) is 0 Å². The van der Waals surface area contributed by atoms with Gasteiger partial charge < -0.3 is 6.90 Å². The van der Waals surface area contributed by atoms with Crippen molar-refractivity contribution in [3.63, 3.8) is 0 Å². The first-order valence-corrected chi connectivity index (χ1v) is 2.88. The summed E-state index contributed by atoms with van der Waals surface area (Å²) < 4.78 is 31.9. The van der Waals surface area contributed by atoms with Crippen molar-refractivity contribution in [1.29, 1.82) is 0 Å². The van der Waals surface area contributed by atoms with E-state index in [0.29, 0.717) is 0 Å². The fourth-order valence-electron chi connectivity index (χ4n) is 0. The molecule has 7 heavy (non-hydrogen) atoms. The van der Waals surface area contributed by atoms with E-state index in [4.69, 9.17) is 15.9 Å². The van der Waals surface area contributed by atoms with Crippen LogP contribution in [0.1, 0.15) is 1.43 Å². The van der Waals surface area contributed by atoms with Crippen LogP contribution in [-0.2, 0) is 21.2 Å². The molecule has 0 aliphatic rings. The van der Waals surface area contributed by atoms with Gasteiger partial charge in [0.15, 0.2) is 0 Å². The van der Waals surface area contributed by atoms with Crippen molar-refractivity contribution in [3.05, 3.63) is 0 Å². The zero-order valence-corrected chi connectivity index (χ0v) is 6.89. The summed E-state index contributed by atoms with van der Waals surface area (Å²) >= 11 is -5.25. The van der Waals surface area contributed by atoms with Crippen molar-refractivity contribution in [1.82, 2.24) is 0 Å². The van der Waals surface area contributed by atoms with E-state index >= 15 is 0 Å². The quantitative estimate of drug-likeness (QED) is 0.346. The zero-order valence-electron chi connectivity index (χ0n) is 4.62. The molecular formula is H5CrNaO5. The second kappa shape index (κ2) is 5.16. The standard InChI is InChI=1S/Cr.Na.3H2O.2O.H/h;;3*1H2;;;/q+2;+1;;;;;;-1/p-2. The van der Waals surface area contributed by atoms with Crippen molar-refractivity contribution in [2.24, 2.45) is 0 Å². The zero-order chi connectivity index (χ0) is 4.50. The van der Waals surface area contributed by atoms with Crippen LogP contribution in [0.3, 0.4) is 0 Å². The van der Waals surface area contributed by atoms with E-state index in [-0.39, 0.29) is 36.5 Å². The summed E-state index contributed by atoms with van der Waals surface area (Å²) in [4.78, 5) is 0. The van der Waals surface area contributed by atoms with Gasteiger partial charge in [-0.25, -0.2) is 0 Å². The summed E-state index contributed by atoms with van der Waals surface area (Å²) in [5.41, 5.74) is 0. The Morgan fingerprint density at radius 1 is 1.29 bits per heavy atom. The van der Waals surface area contributed by atoms with Gasteiger partial charge in [0.1, 0.15) is 0 Å². The topological polar surface area (TPSA) is 106 Å². The van der Waals surface area contributed by atoms with Crippen molar-refractivity contribution in [2.75, 3.05) is 0 Å². The fraction of sp³-hybridized carbons (Fsp3) is 0. The second-order valence-corrected chi connectivity index (χ2v) is 1.85. The van der Waals surface area contributed by atoms with Gasteiger partial charge in [0.05, 0.1) is 0 Å². The molecule has 0 aromatic carbocycles. The second-order valence-electron chi connectivity index (χ2n) is 0.448. The molecule has 0 spiro atoms. The van der Waals surface area contributed by atoms with Crippen molar-refractivity contribution in [2.45, 2.75) is 0 Å². The molecule has 0 aromatic rings. The van der Waals surface area contributed by atoms with Crippen LogP contribution < -0.4 is 29.6 Å². The molecule has 0 atom stereocenters. The SMILES string of the molecule is O.[H-].[Na+].[O]=[Cr](=[O])([OH])[OH]. The number of hydrogen-bond donors (Lipinski definition) is 2. The first kappa shape index (κ1) is 15.7. The number of rotatable bonds is 0. The Hall–Kier alpha value is 1.01. The third-order valence-corrected chi connectivity index (χ3v) is 0. The molecule has 0 aliphatic carbocycles. The van der Waals surface area contributed by atoms with Gasteiger partial charge in [-0.3, -0.25) is 0 Å². The molecule has 0 fully saturated rings. The van der Waals surface area contributed by atoms with Crippen LogP contribution in [0.25, 0.3) is 0 Å². The molecule has 0 amide bonds. The first-order chi connectivity index (χ1) is 2.00. The van der Waals surface area contributed by atoms with E-state index in [0.717, 1.165) is 0 Å². The Balaban J connectivity index is -0.0000000267. The molecule has 7 heteroatoms. The molecule has 42 valence electrons. The van der Waals surface area contributed by atoms with Gasteiger partial charge in [-0.05, 0) is 0 Å². The molecular weight excluding hydrogens is 155 g/mol. The van der Waals surface area contributed by atoms with E-state index in [2.05, 4.69) is 0 Å². The molecule has 4 N–H and O–H groups in total. The van der Waals surface area contributed by atoms with Crippen molar-refractivity contribution in [3.8, 4) is 0 Å². The average molecular weight is 160 g/mol. The summed E-state index contributed by atoms with van der Waals surface area (Å²) in [5, 5.41) is 0. The third-order valence-electron chi connectivity index (χ3n) is 0. The minimum absolute atomic E-state index is 0. The van der Waals surface area contributed by atoms with Crippen molar-refractivity contribution < 1.29 is 66.0 Å². The first-order valence-electron chi connectivity index (χ1n) is 0.698. The monoisotopic (exact) mass is 160 g/mol. The minimum atomic E-state index is -5.25. The van der Waals surface area contributed by atoms with Crippen LogP contribution in [0.15, 0.2) is 0 Å². The average Bonchev–Trinajstić information content (AvgIpc) is 0.722. The molecule has 5 nitrogen and oxygen atoms in total. The Bertz CT molecular complexity index is 95.6. The maximum absolute atomic E-state index is 8.82. The predicted molar refractivity (Wildman–Crippen MR) is 10.5 cm³/mol. The summed E-state index contributed by atoms with van der Waals surface area (Å²) in [7, 11) is 0. The van der Waals surface area contributed by atoms with E-state index < -0.39 is 13.6 Å². The van der Waals surface area contributed by atoms with Crippen molar-refractivity contribution >= 4 is 0 Å². The Labute approximate surface area is 65.8 Å². The molecule has 0 unspecified atom stereocenters. The predicted octanol–water partition coefficient (Wildman–Crippen LogP) is -5.06. The van der Waals surface area contributed by atoms with Gasteiger partial charge in [0.25, 0.3) is 0 Å². The van der Waals surface area contributed by atoms with E-state index in [9.17, 15) is 0 Å². The molecule has 0 heterocycles. The van der Waals surface area contributed by atoms with Crippen LogP contribution in [0.4, 0.5) is 0 Å². The van der Waals surface area contributed by atoms with Crippen LogP contribution in [0.5, 0.6) is 0 Å². The van der Waals surface area contributed by atoms with E-state index in [1.807, 2.05) is 0 Å². The summed E-state index contributed by atoms with van der Waals surface area (Å²) in [6, 6.07) is 0. The normalized spacial score (nSPS) is 8.29. The molecule has 0 saturated heterocycles. The van der Waals surface area contributed by atoms with Gasteiger partial charge >= 0.3 is 59.1 Å². The molecule has 0 radical (unpaired) electrons. The Kier molecular flexibility index (Phi) is 11.5. The van der Waals surface area contributed by atoms with Crippen LogP contribution in [0, 0.1) is 0 Å². The molecule has 0 bridgehead atoms. The number of hydrogen-bond acceptors (Lipinski definition) is 2. The Morgan fingerprint density at radius 2 is 1.29 bits per heavy atom. The van der Waals surface area contributed by atoms with Gasteiger partial charge in [-0.1, -0.05) is 0 Å². The summed E-state index contributed by atoms with van der Waals surface area (Å²) in [6.45, 7) is 0. The van der Waals surface area contributed by atoms with Gasteiger partial charge in [0.2, 0.25) is 0 Å². The van der Waals surface area contributed by atoms with E-state index in [1.54, 1.807) is 0 Å². The summed E-state index contributed by atoms with van der Waals surface area (Å²) in [5.74, 6) is 0. The molecule has 0 rings (SSSR count). The van der Waals surface area contributed by atoms with Crippen LogP contribution in [-0.4, -0.2) is 13.8 Å². The van der Waals surface area contributed by atoms with Crippen LogP contribution >= 0.6 is 0 Å². The fourth-order valence-corrected chi connectivity index (χ4v) is 0.